The van der Waals surface area contributed by atoms with Crippen molar-refractivity contribution in [3.05, 3.63) is 78.4 Å². The number of fused-ring (bicyclic) bond motifs is 2. The second kappa shape index (κ2) is 26.5. The number of carbonyl (C=O) groups excluding carboxylic acids is 2. The number of likely N-dealkylation sites (tertiary alicyclic amines) is 1. The molecule has 5 heterocycles. The Morgan fingerprint density at radius 3 is 2.31 bits per heavy atom. The Morgan fingerprint density at radius 2 is 1.61 bits per heavy atom. The number of nitrogens with zero attached hydrogens (tertiary/aromatic N) is 8. The number of hydrogen-bond acceptors (Lipinski definition) is 12. The molecule has 2 aromatic heterocycles. The molecule has 382 valence electrons. The molecule has 2 aromatic carbocycles. The van der Waals surface area contributed by atoms with Gasteiger partial charge in [0.1, 0.15) is 23.8 Å². The molecule has 70 heavy (non-hydrogen) atoms. The molecular formula is C56H84N10O4. The van der Waals surface area contributed by atoms with Gasteiger partial charge in [0.2, 0.25) is 11.9 Å². The first-order valence-electron chi connectivity index (χ1n) is 26.7. The number of aromatic nitrogens is 3. The highest BCUT2D eigenvalue weighted by Crippen LogP contribution is 2.43. The van der Waals surface area contributed by atoms with Gasteiger partial charge < -0.3 is 49.4 Å². The summed E-state index contributed by atoms with van der Waals surface area (Å²) in [6.45, 7) is 21.3. The Morgan fingerprint density at radius 1 is 0.900 bits per heavy atom. The molecule has 14 heteroatoms. The highest BCUT2D eigenvalue weighted by Gasteiger charge is 2.36. The summed E-state index contributed by atoms with van der Waals surface area (Å²) in [7, 11) is 4.62. The van der Waals surface area contributed by atoms with E-state index in [1.807, 2.05) is 16.8 Å². The molecule has 1 unspecified atom stereocenters. The molecule has 1 aliphatic carbocycles. The first-order chi connectivity index (χ1) is 34.3. The van der Waals surface area contributed by atoms with Gasteiger partial charge in [-0.05, 0) is 98.7 Å². The fourth-order valence-corrected chi connectivity index (χ4v) is 11.2. The number of rotatable bonds is 23. The van der Waals surface area contributed by atoms with Gasteiger partial charge in [-0.25, -0.2) is 4.98 Å². The average Bonchev–Trinajstić information content (AvgIpc) is 3.90. The number of aldehydes is 1. The molecule has 2 saturated heterocycles. The number of benzene rings is 2. The van der Waals surface area contributed by atoms with Crippen molar-refractivity contribution < 1.29 is 19.4 Å². The van der Waals surface area contributed by atoms with Gasteiger partial charge in [0.15, 0.2) is 0 Å². The molecule has 0 spiro atoms. The number of nitrogens with one attached hydrogen (secondary N) is 2. The second-order valence-electron chi connectivity index (χ2n) is 20.1. The molecule has 4 aromatic rings. The van der Waals surface area contributed by atoms with Crippen LogP contribution in [-0.4, -0.2) is 146 Å². The molecule has 0 radical (unpaired) electrons. The lowest BCUT2D eigenvalue weighted by Crippen LogP contribution is -2.48. The van der Waals surface area contributed by atoms with Gasteiger partial charge in [0, 0.05) is 116 Å². The van der Waals surface area contributed by atoms with E-state index in [0.717, 1.165) is 151 Å². The average molecular weight is 961 g/mol. The molecule has 0 bridgehead atoms. The lowest BCUT2D eigenvalue weighted by Gasteiger charge is -2.39. The van der Waals surface area contributed by atoms with Gasteiger partial charge >= 0.3 is 0 Å². The summed E-state index contributed by atoms with van der Waals surface area (Å²) < 4.78 is 8.61. The lowest BCUT2D eigenvalue weighted by atomic mass is 9.95. The third kappa shape index (κ3) is 13.3. The predicted octanol–water partition coefficient (Wildman–Crippen LogP) is 8.36. The topological polar surface area (TPSA) is 135 Å². The maximum Gasteiger partial charge on any atom is 0.242 e. The summed E-state index contributed by atoms with van der Waals surface area (Å²) >= 11 is 0. The van der Waals surface area contributed by atoms with E-state index in [9.17, 15) is 9.59 Å². The quantitative estimate of drug-likeness (QED) is 0.0488. The van der Waals surface area contributed by atoms with E-state index in [0.29, 0.717) is 24.8 Å². The molecule has 8 rings (SSSR count). The molecule has 14 nitrogen and oxygen atoms in total. The van der Waals surface area contributed by atoms with Crippen molar-refractivity contribution in [3.63, 3.8) is 0 Å². The summed E-state index contributed by atoms with van der Waals surface area (Å²) in [5.74, 6) is 2.79. The fourth-order valence-electron chi connectivity index (χ4n) is 11.2. The number of anilines is 3. The van der Waals surface area contributed by atoms with Crippen LogP contribution < -0.4 is 20.4 Å². The van der Waals surface area contributed by atoms with Crippen LogP contribution in [0.4, 0.5) is 17.3 Å². The summed E-state index contributed by atoms with van der Waals surface area (Å²) in [5.41, 5.74) is 8.18. The number of amides is 1. The molecule has 3 fully saturated rings. The smallest absolute Gasteiger partial charge is 0.242 e. The molecule has 1 saturated carbocycles. The van der Waals surface area contributed by atoms with Crippen LogP contribution in [0.1, 0.15) is 108 Å². The Balaban J connectivity index is 0.00000356. The van der Waals surface area contributed by atoms with E-state index in [1.54, 1.807) is 7.05 Å². The van der Waals surface area contributed by atoms with Crippen LogP contribution in [0.5, 0.6) is 0 Å². The molecule has 3 N–H and O–H groups in total. The minimum absolute atomic E-state index is 0.115. The van der Waals surface area contributed by atoms with Crippen molar-refractivity contribution >= 4 is 40.5 Å². The van der Waals surface area contributed by atoms with Gasteiger partial charge in [0.25, 0.3) is 0 Å². The largest absolute Gasteiger partial charge is 0.400 e. The third-order valence-corrected chi connectivity index (χ3v) is 15.7. The number of hydrogen-bond donors (Lipinski definition) is 3. The van der Waals surface area contributed by atoms with Crippen LogP contribution in [0, 0.1) is 11.8 Å². The zero-order chi connectivity index (χ0) is 49.4. The van der Waals surface area contributed by atoms with E-state index in [4.69, 9.17) is 19.8 Å². The van der Waals surface area contributed by atoms with Crippen molar-refractivity contribution in [2.75, 3.05) is 108 Å². The molecule has 1 amide bonds. The van der Waals surface area contributed by atoms with Crippen molar-refractivity contribution in [2.45, 2.75) is 116 Å². The maximum absolute atomic E-state index is 12.8. The first-order valence-corrected chi connectivity index (χ1v) is 26.7. The van der Waals surface area contributed by atoms with Crippen molar-refractivity contribution in [3.8, 4) is 11.1 Å². The van der Waals surface area contributed by atoms with Crippen molar-refractivity contribution in [2.24, 2.45) is 11.8 Å². The van der Waals surface area contributed by atoms with Gasteiger partial charge in [-0.3, -0.25) is 9.69 Å². The van der Waals surface area contributed by atoms with Gasteiger partial charge in [-0.2, -0.15) is 4.98 Å². The number of ether oxygens (including phenoxy) is 1. The monoisotopic (exact) mass is 961 g/mol. The Hall–Kier alpha value is -4.86. The molecule has 1 atom stereocenters. The minimum atomic E-state index is -0.480. The van der Waals surface area contributed by atoms with E-state index in [-0.39, 0.29) is 5.91 Å². The van der Waals surface area contributed by atoms with E-state index < -0.39 is 6.04 Å². The highest BCUT2D eigenvalue weighted by atomic mass is 16.5. The standard InChI is InChI=1S/C55H80N10O3.CH4O/c1-6-42(7-2)36-57-55-58-37-48-49(40-64(53(48)59-55)47-14-9-8-10-15-47)46-20-17-44(18-21-46)38-62-27-29-63(30-28-62)39-45-23-25-61(26-24-45)31-34-68-33-12-13-43-19-22-50-52(35-43)60(5)41(3)65(50)51(16-11-32-66)54(67)56-4;1-2/h17-22,32,35,37,40,42,45,47,51H,3,6-16,23-31,33-34,36,38-39H2,1-2,4-5H3,(H,56,67)(H,57,58,59);2H,1H3. The third-order valence-electron chi connectivity index (χ3n) is 15.7. The number of piperazine rings is 1. The SMILES string of the molecule is C=C1N(C)c2cc(CCCOCCN3CCC(CN4CCN(Cc5ccc(-c6cn(C7CCCCC7)c7nc(NCC(CC)CC)ncc67)cc5)CC4)CC3)ccc2N1C(CCC=O)C(=O)NC.CO. The van der Waals surface area contributed by atoms with Crippen LogP contribution in [0.15, 0.2) is 67.3 Å². The summed E-state index contributed by atoms with van der Waals surface area (Å²) in [6, 6.07) is 15.8. The van der Waals surface area contributed by atoms with E-state index in [2.05, 4.69) is 105 Å². The molecule has 3 aliphatic heterocycles. The van der Waals surface area contributed by atoms with E-state index in [1.165, 1.54) is 73.7 Å². The Labute approximate surface area is 418 Å². The van der Waals surface area contributed by atoms with Crippen LogP contribution in [0.3, 0.4) is 0 Å². The summed E-state index contributed by atoms with van der Waals surface area (Å²) in [5, 5.41) is 14.5. The first kappa shape index (κ1) is 53.0. The van der Waals surface area contributed by atoms with Gasteiger partial charge in [-0.15, -0.1) is 0 Å². The summed E-state index contributed by atoms with van der Waals surface area (Å²) in [4.78, 5) is 45.8. The second-order valence-corrected chi connectivity index (χ2v) is 20.1. The number of piperidine rings is 1. The number of likely N-dealkylation sites (N-methyl/N-ethyl adjacent to an activating group) is 1. The normalized spacial score (nSPS) is 18.0. The fraction of sp³-hybridized carbons (Fsp3) is 0.607. The minimum Gasteiger partial charge on any atom is -0.400 e. The van der Waals surface area contributed by atoms with Crippen LogP contribution in [0.2, 0.25) is 0 Å². The predicted molar refractivity (Wildman–Crippen MR) is 285 cm³/mol. The molecule has 4 aliphatic rings. The lowest BCUT2D eigenvalue weighted by molar-refractivity contribution is -0.122. The zero-order valence-electron chi connectivity index (χ0n) is 43.2. The number of aliphatic hydroxyl groups is 1. The van der Waals surface area contributed by atoms with Crippen molar-refractivity contribution in [1.82, 2.24) is 34.6 Å². The Kier molecular flexibility index (Phi) is 20.1. The zero-order valence-corrected chi connectivity index (χ0v) is 43.2. The number of aryl methyl sites for hydroxylation is 1. The maximum atomic E-state index is 12.8. The number of carbonyl (C=O) groups is 2. The number of aliphatic hydroxyl groups excluding tert-OH is 1. The highest BCUT2D eigenvalue weighted by molar-refractivity contribution is 5.94. The van der Waals surface area contributed by atoms with Crippen LogP contribution in [-0.2, 0) is 27.3 Å². The van der Waals surface area contributed by atoms with Crippen LogP contribution >= 0.6 is 0 Å². The summed E-state index contributed by atoms with van der Waals surface area (Å²) in [6.07, 6.45) is 19.2. The Bertz CT molecular complexity index is 2260. The molecular weight excluding hydrogens is 877 g/mol. The van der Waals surface area contributed by atoms with Crippen molar-refractivity contribution in [1.29, 1.82) is 0 Å². The van der Waals surface area contributed by atoms with Gasteiger partial charge in [0.05, 0.1) is 18.0 Å². The van der Waals surface area contributed by atoms with Crippen LogP contribution in [0.25, 0.3) is 22.2 Å². The van der Waals surface area contributed by atoms with E-state index >= 15 is 0 Å². The van der Waals surface area contributed by atoms with Gasteiger partial charge in [-0.1, -0.05) is 82.9 Å².